The van der Waals surface area contributed by atoms with Crippen LogP contribution in [0.4, 0.5) is 0 Å². The van der Waals surface area contributed by atoms with Crippen LogP contribution in [0.1, 0.15) is 32.6 Å². The van der Waals surface area contributed by atoms with Gasteiger partial charge in [-0.2, -0.15) is 4.31 Å². The van der Waals surface area contributed by atoms with Crippen molar-refractivity contribution < 1.29 is 13.2 Å². The molecule has 3 rings (SSSR count). The summed E-state index contributed by atoms with van der Waals surface area (Å²) in [5, 5.41) is 8.08. The van der Waals surface area contributed by atoms with Crippen LogP contribution in [0.25, 0.3) is 0 Å². The van der Waals surface area contributed by atoms with E-state index in [0.29, 0.717) is 36.7 Å². The number of carbonyl (C=O) groups excluding carboxylic acids is 1. The molecule has 1 unspecified atom stereocenters. The standard InChI is InChI=1S/C16H21Cl2N3O3S2/c1-16(7-13(19)20(2)14(22)8-16)10-4-3-5-21(9-10)26(23,24)11-6-12(17)25-15(11)18/h6,10,19H,3-5,7-9H2,1-2H3/t10?,16-/m0/s1. The molecular weight excluding hydrogens is 417 g/mol. The Kier molecular flexibility index (Phi) is 5.45. The van der Waals surface area contributed by atoms with Gasteiger partial charge >= 0.3 is 0 Å². The number of piperidine rings is 2. The third-order valence-electron chi connectivity index (χ3n) is 5.52. The van der Waals surface area contributed by atoms with Gasteiger partial charge in [-0.25, -0.2) is 8.42 Å². The Morgan fingerprint density at radius 3 is 2.62 bits per heavy atom. The smallest absolute Gasteiger partial charge is 0.245 e. The Morgan fingerprint density at radius 1 is 1.35 bits per heavy atom. The van der Waals surface area contributed by atoms with Crippen LogP contribution in [-0.4, -0.2) is 49.5 Å². The number of nitrogens with one attached hydrogen (secondary N) is 1. The highest BCUT2D eigenvalue weighted by Crippen LogP contribution is 2.45. The van der Waals surface area contributed by atoms with Gasteiger partial charge in [0.2, 0.25) is 15.9 Å². The molecule has 26 heavy (non-hydrogen) atoms. The van der Waals surface area contributed by atoms with Crippen molar-refractivity contribution >= 4 is 56.3 Å². The Morgan fingerprint density at radius 2 is 2.04 bits per heavy atom. The number of hydrogen-bond acceptors (Lipinski definition) is 5. The number of carbonyl (C=O) groups is 1. The molecule has 144 valence electrons. The molecule has 2 aliphatic rings. The molecular formula is C16H21Cl2N3O3S2. The van der Waals surface area contributed by atoms with Crippen LogP contribution in [0.5, 0.6) is 0 Å². The van der Waals surface area contributed by atoms with E-state index in [4.69, 9.17) is 28.6 Å². The normalized spacial score (nSPS) is 28.6. The number of amides is 1. The SMILES string of the molecule is CN1C(=N)C[C@](C)(C2CCCN(S(=O)(=O)c3cc(Cl)sc3Cl)C2)CC1=O. The fraction of sp³-hybridized carbons (Fsp3) is 0.625. The molecule has 2 saturated heterocycles. The lowest BCUT2D eigenvalue weighted by Crippen LogP contribution is -2.51. The van der Waals surface area contributed by atoms with Gasteiger partial charge in [-0.15, -0.1) is 11.3 Å². The number of likely N-dealkylation sites (tertiary alicyclic amines) is 1. The first-order valence-corrected chi connectivity index (χ1v) is 11.3. The molecule has 1 aromatic heterocycles. The Hall–Kier alpha value is -0.670. The van der Waals surface area contributed by atoms with Gasteiger partial charge in [0.15, 0.2) is 0 Å². The van der Waals surface area contributed by atoms with Gasteiger partial charge in [0.05, 0.1) is 4.34 Å². The van der Waals surface area contributed by atoms with Crippen LogP contribution < -0.4 is 0 Å². The van der Waals surface area contributed by atoms with Crippen molar-refractivity contribution in [2.75, 3.05) is 20.1 Å². The van der Waals surface area contributed by atoms with Crippen molar-refractivity contribution in [1.82, 2.24) is 9.21 Å². The summed E-state index contributed by atoms with van der Waals surface area (Å²) in [6.45, 7) is 2.73. The van der Waals surface area contributed by atoms with Crippen LogP contribution in [0.15, 0.2) is 11.0 Å². The summed E-state index contributed by atoms with van der Waals surface area (Å²) in [7, 11) is -2.11. The van der Waals surface area contributed by atoms with E-state index in [1.807, 2.05) is 6.92 Å². The first kappa shape index (κ1) is 20.1. The number of sulfonamides is 1. The predicted molar refractivity (Wildman–Crippen MR) is 104 cm³/mol. The van der Waals surface area contributed by atoms with Crippen molar-refractivity contribution in [3.63, 3.8) is 0 Å². The van der Waals surface area contributed by atoms with Gasteiger partial charge in [0.1, 0.15) is 15.1 Å². The van der Waals surface area contributed by atoms with Gasteiger partial charge < -0.3 is 4.90 Å². The molecule has 0 spiro atoms. The zero-order valence-electron chi connectivity index (χ0n) is 14.6. The Labute approximate surface area is 167 Å². The molecule has 1 amide bonds. The summed E-state index contributed by atoms with van der Waals surface area (Å²) in [4.78, 5) is 13.7. The van der Waals surface area contributed by atoms with Crippen molar-refractivity contribution in [1.29, 1.82) is 5.41 Å². The van der Waals surface area contributed by atoms with Crippen LogP contribution in [0.2, 0.25) is 8.67 Å². The molecule has 0 saturated carbocycles. The average molecular weight is 438 g/mol. The zero-order chi connectivity index (χ0) is 19.3. The lowest BCUT2D eigenvalue weighted by molar-refractivity contribution is -0.131. The Balaban J connectivity index is 1.84. The fourth-order valence-corrected chi connectivity index (χ4v) is 7.47. The molecule has 3 heterocycles. The molecule has 0 aromatic carbocycles. The first-order valence-electron chi connectivity index (χ1n) is 8.33. The number of halogens is 2. The van der Waals surface area contributed by atoms with Crippen molar-refractivity contribution in [2.45, 2.75) is 37.5 Å². The van der Waals surface area contributed by atoms with Gasteiger partial charge in [-0.1, -0.05) is 30.1 Å². The summed E-state index contributed by atoms with van der Waals surface area (Å²) in [5.74, 6) is 0.213. The van der Waals surface area contributed by atoms with E-state index >= 15 is 0 Å². The van der Waals surface area contributed by atoms with E-state index in [1.54, 1.807) is 7.05 Å². The van der Waals surface area contributed by atoms with Crippen LogP contribution in [0.3, 0.4) is 0 Å². The molecule has 0 bridgehead atoms. The van der Waals surface area contributed by atoms with E-state index in [-0.39, 0.29) is 26.9 Å². The number of amidine groups is 1. The minimum absolute atomic E-state index is 0.0110. The van der Waals surface area contributed by atoms with Gasteiger partial charge in [-0.05, 0) is 30.2 Å². The molecule has 2 atom stereocenters. The molecule has 2 fully saturated rings. The van der Waals surface area contributed by atoms with E-state index in [2.05, 4.69) is 0 Å². The third kappa shape index (κ3) is 3.54. The molecule has 0 radical (unpaired) electrons. The van der Waals surface area contributed by atoms with Crippen LogP contribution in [-0.2, 0) is 14.8 Å². The highest BCUT2D eigenvalue weighted by molar-refractivity contribution is 7.89. The first-order chi connectivity index (χ1) is 12.0. The number of nitrogens with zero attached hydrogens (tertiary/aromatic N) is 2. The topological polar surface area (TPSA) is 81.5 Å². The fourth-order valence-electron chi connectivity index (χ4n) is 3.84. The lowest BCUT2D eigenvalue weighted by Gasteiger charge is -2.46. The highest BCUT2D eigenvalue weighted by Gasteiger charge is 2.45. The van der Waals surface area contributed by atoms with Gasteiger partial charge in [0, 0.05) is 33.0 Å². The zero-order valence-corrected chi connectivity index (χ0v) is 17.7. The van der Waals surface area contributed by atoms with Gasteiger partial charge in [-0.3, -0.25) is 10.2 Å². The summed E-state index contributed by atoms with van der Waals surface area (Å²) < 4.78 is 28.0. The average Bonchev–Trinajstić information content (AvgIpc) is 2.92. The lowest BCUT2D eigenvalue weighted by atomic mass is 9.67. The highest BCUT2D eigenvalue weighted by atomic mass is 35.5. The minimum atomic E-state index is -3.73. The molecule has 2 aliphatic heterocycles. The second kappa shape index (κ2) is 7.05. The maximum absolute atomic E-state index is 13.0. The van der Waals surface area contributed by atoms with Crippen LogP contribution in [0, 0.1) is 16.7 Å². The maximum atomic E-state index is 13.0. The molecule has 1 aromatic rings. The molecule has 6 nitrogen and oxygen atoms in total. The van der Waals surface area contributed by atoms with E-state index < -0.39 is 15.4 Å². The molecule has 10 heteroatoms. The minimum Gasteiger partial charge on any atom is -0.304 e. The summed E-state index contributed by atoms with van der Waals surface area (Å²) >= 11 is 13.0. The van der Waals surface area contributed by atoms with Crippen molar-refractivity contribution in [2.24, 2.45) is 11.3 Å². The third-order valence-corrected chi connectivity index (χ3v) is 9.14. The number of hydrogen-bond donors (Lipinski definition) is 1. The second-order valence-electron chi connectivity index (χ2n) is 7.30. The monoisotopic (exact) mass is 437 g/mol. The number of rotatable bonds is 3. The van der Waals surface area contributed by atoms with E-state index in [9.17, 15) is 13.2 Å². The van der Waals surface area contributed by atoms with Crippen molar-refractivity contribution in [3.8, 4) is 0 Å². The predicted octanol–water partition coefficient (Wildman–Crippen LogP) is 3.69. The maximum Gasteiger partial charge on any atom is 0.245 e. The van der Waals surface area contributed by atoms with E-state index in [0.717, 1.165) is 17.8 Å². The summed E-state index contributed by atoms with van der Waals surface area (Å²) in [6, 6.07) is 1.39. The molecule has 1 N–H and O–H groups in total. The Bertz CT molecular complexity index is 835. The van der Waals surface area contributed by atoms with Crippen molar-refractivity contribution in [3.05, 3.63) is 14.7 Å². The molecule has 0 aliphatic carbocycles. The van der Waals surface area contributed by atoms with E-state index in [1.165, 1.54) is 15.3 Å². The quantitative estimate of drug-likeness (QED) is 0.782. The number of thiophene rings is 1. The van der Waals surface area contributed by atoms with Crippen LogP contribution >= 0.6 is 34.5 Å². The summed E-state index contributed by atoms with van der Waals surface area (Å²) in [5.41, 5.74) is -0.412. The van der Waals surface area contributed by atoms with Gasteiger partial charge in [0.25, 0.3) is 0 Å². The second-order valence-corrected chi connectivity index (χ2v) is 11.5. The summed E-state index contributed by atoms with van der Waals surface area (Å²) in [6.07, 6.45) is 2.35. The largest absolute Gasteiger partial charge is 0.304 e.